The minimum Gasteiger partial charge on any atom is -0.311 e. The van der Waals surface area contributed by atoms with Crippen molar-refractivity contribution in [1.29, 1.82) is 0 Å². The van der Waals surface area contributed by atoms with Crippen molar-refractivity contribution < 1.29 is 8.42 Å². The van der Waals surface area contributed by atoms with Crippen LogP contribution in [0.3, 0.4) is 0 Å². The summed E-state index contributed by atoms with van der Waals surface area (Å²) in [7, 11) is -2.98. The molecule has 0 amide bonds. The zero-order chi connectivity index (χ0) is 14.6. The van der Waals surface area contributed by atoms with Gasteiger partial charge in [-0.25, -0.2) is 12.7 Å². The van der Waals surface area contributed by atoms with Crippen LogP contribution in [0.25, 0.3) is 0 Å². The monoisotopic (exact) mass is 302 g/mol. The molecule has 2 atom stereocenters. The van der Waals surface area contributed by atoms with Crippen LogP contribution in [0, 0.1) is 5.92 Å². The van der Waals surface area contributed by atoms with Crippen LogP contribution in [0.15, 0.2) is 0 Å². The Morgan fingerprint density at radius 1 is 1.05 bits per heavy atom. The topological polar surface area (TPSA) is 49.4 Å². The molecule has 1 N–H and O–H groups in total. The standard InChI is InChI=1S/C15H30N2O2S/c1-3-13-6-5-7-15(12-13)16-14-8-10-17(11-9-14)20(18,19)4-2/h13-16H,3-12H2,1-2H3. The summed E-state index contributed by atoms with van der Waals surface area (Å²) in [5.41, 5.74) is 0. The van der Waals surface area contributed by atoms with E-state index in [9.17, 15) is 8.42 Å². The van der Waals surface area contributed by atoms with E-state index in [1.807, 2.05) is 0 Å². The Kier molecular flexibility index (Phi) is 5.87. The Hall–Kier alpha value is -0.130. The number of rotatable bonds is 5. The predicted molar refractivity (Wildman–Crippen MR) is 83.2 cm³/mol. The van der Waals surface area contributed by atoms with Crippen LogP contribution in [0.1, 0.15) is 58.8 Å². The molecule has 5 heteroatoms. The zero-order valence-electron chi connectivity index (χ0n) is 13.0. The van der Waals surface area contributed by atoms with E-state index in [1.54, 1.807) is 11.2 Å². The molecule has 0 aromatic heterocycles. The van der Waals surface area contributed by atoms with Gasteiger partial charge in [0.25, 0.3) is 0 Å². The molecule has 0 spiro atoms. The van der Waals surface area contributed by atoms with Crippen LogP contribution in [-0.2, 0) is 10.0 Å². The first-order chi connectivity index (χ1) is 9.55. The molecule has 0 radical (unpaired) electrons. The van der Waals surface area contributed by atoms with E-state index in [0.717, 1.165) is 18.8 Å². The minimum atomic E-state index is -2.98. The highest BCUT2D eigenvalue weighted by Crippen LogP contribution is 2.27. The average Bonchev–Trinajstić information content (AvgIpc) is 2.48. The van der Waals surface area contributed by atoms with E-state index < -0.39 is 10.0 Å². The van der Waals surface area contributed by atoms with Crippen LogP contribution < -0.4 is 5.32 Å². The fourth-order valence-electron chi connectivity index (χ4n) is 3.63. The lowest BCUT2D eigenvalue weighted by atomic mass is 9.83. The molecule has 0 bridgehead atoms. The first-order valence-corrected chi connectivity index (χ1v) is 9.90. The third kappa shape index (κ3) is 4.18. The summed E-state index contributed by atoms with van der Waals surface area (Å²) in [6, 6.07) is 1.17. The molecule has 2 fully saturated rings. The molecule has 2 aliphatic rings. The van der Waals surface area contributed by atoms with Crippen molar-refractivity contribution in [1.82, 2.24) is 9.62 Å². The quantitative estimate of drug-likeness (QED) is 0.848. The molecule has 1 aliphatic carbocycles. The average molecular weight is 302 g/mol. The second kappa shape index (κ2) is 7.23. The molecule has 20 heavy (non-hydrogen) atoms. The van der Waals surface area contributed by atoms with Crippen LogP contribution in [0.4, 0.5) is 0 Å². The first kappa shape index (κ1) is 16.2. The van der Waals surface area contributed by atoms with Gasteiger partial charge in [0, 0.05) is 25.2 Å². The summed E-state index contributed by atoms with van der Waals surface area (Å²) in [4.78, 5) is 0. The maximum absolute atomic E-state index is 11.8. The first-order valence-electron chi connectivity index (χ1n) is 8.29. The Morgan fingerprint density at radius 3 is 2.35 bits per heavy atom. The van der Waals surface area contributed by atoms with Gasteiger partial charge in [0.1, 0.15) is 0 Å². The number of hydrogen-bond donors (Lipinski definition) is 1. The van der Waals surface area contributed by atoms with Crippen molar-refractivity contribution in [3.05, 3.63) is 0 Å². The number of nitrogens with one attached hydrogen (secondary N) is 1. The summed E-state index contributed by atoms with van der Waals surface area (Å²) in [6.07, 6.45) is 8.57. The lowest BCUT2D eigenvalue weighted by Gasteiger charge is -2.36. The van der Waals surface area contributed by atoms with Crippen molar-refractivity contribution in [2.45, 2.75) is 70.9 Å². The van der Waals surface area contributed by atoms with Crippen LogP contribution >= 0.6 is 0 Å². The minimum absolute atomic E-state index is 0.228. The van der Waals surface area contributed by atoms with E-state index in [1.165, 1.54) is 32.1 Å². The summed E-state index contributed by atoms with van der Waals surface area (Å²) in [5, 5.41) is 3.79. The van der Waals surface area contributed by atoms with E-state index in [0.29, 0.717) is 25.2 Å². The van der Waals surface area contributed by atoms with Gasteiger partial charge in [0.2, 0.25) is 10.0 Å². The fraction of sp³-hybridized carbons (Fsp3) is 1.00. The number of sulfonamides is 1. The van der Waals surface area contributed by atoms with Crippen molar-refractivity contribution in [3.8, 4) is 0 Å². The Bertz CT molecular complexity index is 389. The highest BCUT2D eigenvalue weighted by molar-refractivity contribution is 7.89. The molecule has 1 saturated heterocycles. The van der Waals surface area contributed by atoms with Crippen molar-refractivity contribution >= 4 is 10.0 Å². The van der Waals surface area contributed by atoms with Gasteiger partial charge in [-0.3, -0.25) is 0 Å². The van der Waals surface area contributed by atoms with Gasteiger partial charge < -0.3 is 5.32 Å². The van der Waals surface area contributed by atoms with Gasteiger partial charge in [0.05, 0.1) is 5.75 Å². The Balaban J connectivity index is 1.77. The lowest BCUT2D eigenvalue weighted by Crippen LogP contribution is -2.48. The van der Waals surface area contributed by atoms with Crippen molar-refractivity contribution in [2.24, 2.45) is 5.92 Å². The van der Waals surface area contributed by atoms with Gasteiger partial charge in [-0.15, -0.1) is 0 Å². The van der Waals surface area contributed by atoms with Crippen molar-refractivity contribution in [2.75, 3.05) is 18.8 Å². The Labute approximate surface area is 124 Å². The van der Waals surface area contributed by atoms with E-state index in [4.69, 9.17) is 0 Å². The third-order valence-electron chi connectivity index (χ3n) is 5.04. The summed E-state index contributed by atoms with van der Waals surface area (Å²) >= 11 is 0. The van der Waals surface area contributed by atoms with Crippen LogP contribution in [-0.4, -0.2) is 43.6 Å². The summed E-state index contributed by atoms with van der Waals surface area (Å²) < 4.78 is 25.3. The molecule has 1 heterocycles. The molecule has 1 saturated carbocycles. The molecule has 2 rings (SSSR count). The van der Waals surface area contributed by atoms with Gasteiger partial charge in [-0.05, 0) is 38.5 Å². The summed E-state index contributed by atoms with van der Waals surface area (Å²) in [6.45, 7) is 5.41. The van der Waals surface area contributed by atoms with Gasteiger partial charge in [-0.2, -0.15) is 0 Å². The van der Waals surface area contributed by atoms with E-state index >= 15 is 0 Å². The molecular weight excluding hydrogens is 272 g/mol. The molecular formula is C15H30N2O2S. The fourth-order valence-corrected chi connectivity index (χ4v) is 4.76. The molecule has 1 aliphatic heterocycles. The molecule has 2 unspecified atom stereocenters. The maximum Gasteiger partial charge on any atom is 0.213 e. The second-order valence-electron chi connectivity index (χ2n) is 6.38. The SMILES string of the molecule is CCC1CCCC(NC2CCN(S(=O)(=O)CC)CC2)C1. The van der Waals surface area contributed by atoms with Gasteiger partial charge in [-0.1, -0.05) is 26.2 Å². The largest absolute Gasteiger partial charge is 0.311 e. The van der Waals surface area contributed by atoms with Crippen molar-refractivity contribution in [3.63, 3.8) is 0 Å². The molecule has 118 valence electrons. The number of piperidine rings is 1. The Morgan fingerprint density at radius 2 is 1.75 bits per heavy atom. The highest BCUT2D eigenvalue weighted by atomic mass is 32.2. The second-order valence-corrected chi connectivity index (χ2v) is 8.64. The van der Waals surface area contributed by atoms with Crippen LogP contribution in [0.5, 0.6) is 0 Å². The lowest BCUT2D eigenvalue weighted by molar-refractivity contribution is 0.223. The normalized spacial score (nSPS) is 30.5. The molecule has 0 aromatic rings. The predicted octanol–water partition coefficient (Wildman–Crippen LogP) is 2.36. The molecule has 0 aromatic carbocycles. The smallest absolute Gasteiger partial charge is 0.213 e. The van der Waals surface area contributed by atoms with E-state index in [-0.39, 0.29) is 5.75 Å². The van der Waals surface area contributed by atoms with E-state index in [2.05, 4.69) is 12.2 Å². The summed E-state index contributed by atoms with van der Waals surface area (Å²) in [5.74, 6) is 1.12. The van der Waals surface area contributed by atoms with Crippen LogP contribution in [0.2, 0.25) is 0 Å². The zero-order valence-corrected chi connectivity index (χ0v) is 13.8. The highest BCUT2D eigenvalue weighted by Gasteiger charge is 2.29. The van der Waals surface area contributed by atoms with Gasteiger partial charge >= 0.3 is 0 Å². The number of nitrogens with zero attached hydrogens (tertiary/aromatic N) is 1. The molecule has 4 nitrogen and oxygen atoms in total. The maximum atomic E-state index is 11.8. The van der Waals surface area contributed by atoms with Gasteiger partial charge in [0.15, 0.2) is 0 Å². The third-order valence-corrected chi connectivity index (χ3v) is 6.93. The number of hydrogen-bond acceptors (Lipinski definition) is 3.